The molecular weight excluding hydrogens is 306 g/mol. The second kappa shape index (κ2) is 5.81. The molecule has 1 aromatic carbocycles. The monoisotopic (exact) mass is 325 g/mol. The minimum absolute atomic E-state index is 0.0932. The second-order valence-corrected chi connectivity index (χ2v) is 7.05. The van der Waals surface area contributed by atoms with Crippen LogP contribution in [0.5, 0.6) is 0 Å². The number of likely N-dealkylation sites (tertiary alicyclic amines) is 1. The topological polar surface area (TPSA) is 38.1 Å². The number of aromatic nitrogens is 2. The van der Waals surface area contributed by atoms with Crippen molar-refractivity contribution in [1.82, 2.24) is 14.7 Å². The molecule has 5 heteroatoms. The van der Waals surface area contributed by atoms with Gasteiger partial charge in [-0.3, -0.25) is 9.48 Å². The average molecular weight is 325 g/mol. The highest BCUT2D eigenvalue weighted by Crippen LogP contribution is 2.32. The summed E-state index contributed by atoms with van der Waals surface area (Å²) in [4.78, 5) is 15.0. The number of hydrogen-bond donors (Lipinski definition) is 0. The normalized spacial score (nSPS) is 18.5. The van der Waals surface area contributed by atoms with E-state index in [1.165, 1.54) is 4.70 Å². The molecule has 2 aromatic heterocycles. The highest BCUT2D eigenvalue weighted by Gasteiger charge is 2.30. The Morgan fingerprint density at radius 2 is 2.17 bits per heavy atom. The highest BCUT2D eigenvalue weighted by atomic mass is 32.1. The molecule has 0 bridgehead atoms. The van der Waals surface area contributed by atoms with Crippen LogP contribution >= 0.6 is 11.3 Å². The molecule has 1 aliphatic rings. The van der Waals surface area contributed by atoms with Crippen molar-refractivity contribution >= 4 is 27.3 Å². The van der Waals surface area contributed by atoms with Crippen molar-refractivity contribution in [3.63, 3.8) is 0 Å². The standard InChI is InChI=1S/C18H19N3OS/c1-20-10-7-15(19-20)16-4-2-3-9-21(16)18(22)14-5-6-17-13(12-14)8-11-23-17/h5-8,10-12,16H,2-4,9H2,1H3/t16-/m0/s1. The van der Waals surface area contributed by atoms with E-state index in [1.807, 2.05) is 47.1 Å². The molecule has 1 aliphatic heterocycles. The molecule has 4 rings (SSSR count). The number of fused-ring (bicyclic) bond motifs is 1. The molecule has 1 fully saturated rings. The predicted molar refractivity (Wildman–Crippen MR) is 92.7 cm³/mol. The van der Waals surface area contributed by atoms with Crippen LogP contribution in [0.4, 0.5) is 0 Å². The van der Waals surface area contributed by atoms with Crippen LogP contribution in [0.3, 0.4) is 0 Å². The number of nitrogens with zero attached hydrogens (tertiary/aromatic N) is 3. The third-order valence-electron chi connectivity index (χ3n) is 4.54. The van der Waals surface area contributed by atoms with Crippen molar-refractivity contribution in [2.45, 2.75) is 25.3 Å². The molecule has 4 nitrogen and oxygen atoms in total. The number of hydrogen-bond acceptors (Lipinski definition) is 3. The first-order valence-electron chi connectivity index (χ1n) is 8.00. The van der Waals surface area contributed by atoms with Crippen LogP contribution in [0, 0.1) is 0 Å². The number of carbonyl (C=O) groups is 1. The van der Waals surface area contributed by atoms with Crippen LogP contribution in [0.1, 0.15) is 41.4 Å². The first kappa shape index (κ1) is 14.5. The molecule has 118 valence electrons. The molecule has 1 amide bonds. The number of carbonyl (C=O) groups excluding carboxylic acids is 1. The Hall–Kier alpha value is -2.14. The van der Waals surface area contributed by atoms with Gasteiger partial charge >= 0.3 is 0 Å². The molecule has 1 atom stereocenters. The van der Waals surface area contributed by atoms with Gasteiger partial charge in [0.05, 0.1) is 11.7 Å². The third-order valence-corrected chi connectivity index (χ3v) is 5.44. The molecule has 1 saturated heterocycles. The molecule has 0 spiro atoms. The van der Waals surface area contributed by atoms with E-state index in [0.717, 1.165) is 42.5 Å². The van der Waals surface area contributed by atoms with E-state index in [0.29, 0.717) is 0 Å². The van der Waals surface area contributed by atoms with Gasteiger partial charge in [0.1, 0.15) is 0 Å². The Morgan fingerprint density at radius 1 is 1.26 bits per heavy atom. The van der Waals surface area contributed by atoms with Crippen LogP contribution < -0.4 is 0 Å². The number of thiophene rings is 1. The number of aryl methyl sites for hydroxylation is 1. The number of amides is 1. The van der Waals surface area contributed by atoms with Crippen LogP contribution in [0.2, 0.25) is 0 Å². The van der Waals surface area contributed by atoms with E-state index in [1.54, 1.807) is 11.3 Å². The van der Waals surface area contributed by atoms with Gasteiger partial charge in [-0.15, -0.1) is 11.3 Å². The zero-order valence-electron chi connectivity index (χ0n) is 13.1. The molecule has 0 saturated carbocycles. The molecule has 0 N–H and O–H groups in total. The maximum Gasteiger partial charge on any atom is 0.254 e. The Morgan fingerprint density at radius 3 is 3.00 bits per heavy atom. The minimum Gasteiger partial charge on any atom is -0.330 e. The van der Waals surface area contributed by atoms with Gasteiger partial charge in [0.2, 0.25) is 0 Å². The van der Waals surface area contributed by atoms with Gasteiger partial charge in [0.25, 0.3) is 5.91 Å². The van der Waals surface area contributed by atoms with Crippen molar-refractivity contribution in [1.29, 1.82) is 0 Å². The second-order valence-electron chi connectivity index (χ2n) is 6.10. The smallest absolute Gasteiger partial charge is 0.254 e. The van der Waals surface area contributed by atoms with E-state index < -0.39 is 0 Å². The Bertz CT molecular complexity index is 851. The first-order chi connectivity index (χ1) is 11.2. The zero-order valence-corrected chi connectivity index (χ0v) is 13.9. The maximum atomic E-state index is 13.1. The summed E-state index contributed by atoms with van der Waals surface area (Å²) in [5.41, 5.74) is 1.77. The SMILES string of the molecule is Cn1ccc([C@@H]2CCCCN2C(=O)c2ccc3sccc3c2)n1. The van der Waals surface area contributed by atoms with Gasteiger partial charge in [-0.2, -0.15) is 5.10 Å². The van der Waals surface area contributed by atoms with Gasteiger partial charge in [-0.1, -0.05) is 0 Å². The van der Waals surface area contributed by atoms with Gasteiger partial charge in [-0.05, 0) is 60.4 Å². The summed E-state index contributed by atoms with van der Waals surface area (Å²) >= 11 is 1.71. The van der Waals surface area contributed by atoms with Gasteiger partial charge in [-0.25, -0.2) is 0 Å². The fourth-order valence-corrected chi connectivity index (χ4v) is 4.13. The van der Waals surface area contributed by atoms with Gasteiger partial charge < -0.3 is 4.90 Å². The largest absolute Gasteiger partial charge is 0.330 e. The van der Waals surface area contributed by atoms with Crippen molar-refractivity contribution in [3.8, 4) is 0 Å². The summed E-state index contributed by atoms with van der Waals surface area (Å²) in [6, 6.07) is 10.2. The first-order valence-corrected chi connectivity index (χ1v) is 8.88. The average Bonchev–Trinajstić information content (AvgIpc) is 3.22. The lowest BCUT2D eigenvalue weighted by atomic mass is 9.98. The van der Waals surface area contributed by atoms with Crippen molar-refractivity contribution in [2.75, 3.05) is 6.54 Å². The van der Waals surface area contributed by atoms with Crippen molar-refractivity contribution in [3.05, 3.63) is 53.2 Å². The van der Waals surface area contributed by atoms with E-state index in [2.05, 4.69) is 16.5 Å². The molecule has 3 heterocycles. The summed E-state index contributed by atoms with van der Waals surface area (Å²) in [6.07, 6.45) is 5.15. The fraction of sp³-hybridized carbons (Fsp3) is 0.333. The number of rotatable bonds is 2. The molecule has 0 unspecified atom stereocenters. The Kier molecular flexibility index (Phi) is 3.65. The Balaban J connectivity index is 1.66. The highest BCUT2D eigenvalue weighted by molar-refractivity contribution is 7.17. The van der Waals surface area contributed by atoms with E-state index >= 15 is 0 Å². The molecule has 23 heavy (non-hydrogen) atoms. The third kappa shape index (κ3) is 2.65. The molecule has 0 aliphatic carbocycles. The van der Waals surface area contributed by atoms with Gasteiger partial charge in [0, 0.05) is 30.1 Å². The lowest BCUT2D eigenvalue weighted by Gasteiger charge is -2.35. The molecular formula is C18H19N3OS. The summed E-state index contributed by atoms with van der Waals surface area (Å²) in [5.74, 6) is 0.119. The quantitative estimate of drug-likeness (QED) is 0.714. The van der Waals surface area contributed by atoms with Crippen molar-refractivity contribution < 1.29 is 4.79 Å². The lowest BCUT2D eigenvalue weighted by molar-refractivity contribution is 0.0605. The van der Waals surface area contributed by atoms with Crippen LogP contribution in [-0.4, -0.2) is 27.1 Å². The van der Waals surface area contributed by atoms with Crippen LogP contribution in [0.15, 0.2) is 41.9 Å². The Labute approximate surface area is 139 Å². The fourth-order valence-electron chi connectivity index (χ4n) is 3.36. The van der Waals surface area contributed by atoms with Crippen LogP contribution in [0.25, 0.3) is 10.1 Å². The number of piperidine rings is 1. The summed E-state index contributed by atoms with van der Waals surface area (Å²) in [6.45, 7) is 0.807. The summed E-state index contributed by atoms with van der Waals surface area (Å²) in [5, 5.41) is 7.74. The minimum atomic E-state index is 0.0932. The molecule has 3 aromatic rings. The van der Waals surface area contributed by atoms with E-state index in [4.69, 9.17) is 0 Å². The van der Waals surface area contributed by atoms with Crippen LogP contribution in [-0.2, 0) is 7.05 Å². The zero-order chi connectivity index (χ0) is 15.8. The maximum absolute atomic E-state index is 13.1. The molecule has 0 radical (unpaired) electrons. The van der Waals surface area contributed by atoms with E-state index in [9.17, 15) is 4.79 Å². The summed E-state index contributed by atoms with van der Waals surface area (Å²) < 4.78 is 3.03. The van der Waals surface area contributed by atoms with E-state index in [-0.39, 0.29) is 11.9 Å². The summed E-state index contributed by atoms with van der Waals surface area (Å²) in [7, 11) is 1.92. The van der Waals surface area contributed by atoms with Gasteiger partial charge in [0.15, 0.2) is 0 Å². The number of benzene rings is 1. The van der Waals surface area contributed by atoms with Crippen molar-refractivity contribution in [2.24, 2.45) is 7.05 Å². The lowest BCUT2D eigenvalue weighted by Crippen LogP contribution is -2.38. The predicted octanol–water partition coefficient (Wildman–Crippen LogP) is 4.00.